The first kappa shape index (κ1) is 22.4. The number of carbonyl (C=O) groups is 2. The van der Waals surface area contributed by atoms with Crippen molar-refractivity contribution in [2.45, 2.75) is 37.6 Å². The van der Waals surface area contributed by atoms with Crippen LogP contribution in [0.3, 0.4) is 0 Å². The molecule has 0 radical (unpaired) electrons. The fourth-order valence-corrected chi connectivity index (χ4v) is 2.76. The van der Waals surface area contributed by atoms with Gasteiger partial charge in [-0.2, -0.15) is 8.78 Å². The maximum atomic E-state index is 14.2. The molecule has 0 aliphatic carbocycles. The minimum absolute atomic E-state index is 0.0876. The van der Waals surface area contributed by atoms with E-state index in [9.17, 15) is 23.5 Å². The number of hydrogen-bond donors (Lipinski definition) is 1. The van der Waals surface area contributed by atoms with Gasteiger partial charge in [-0.05, 0) is 11.1 Å². The summed E-state index contributed by atoms with van der Waals surface area (Å²) in [7, 11) is 0. The summed E-state index contributed by atoms with van der Waals surface area (Å²) in [4.78, 5) is 23.6. The van der Waals surface area contributed by atoms with Gasteiger partial charge in [-0.3, -0.25) is 0 Å². The monoisotopic (exact) mass is 438 g/mol. The lowest BCUT2D eigenvalue weighted by Gasteiger charge is -2.22. The molecule has 1 aliphatic rings. The molecule has 0 unspecified atom stereocenters. The number of alkyl halides is 2. The number of aliphatic hydroxyl groups excluding tert-OH is 1. The van der Waals surface area contributed by atoms with Crippen molar-refractivity contribution in [3.05, 3.63) is 71.8 Å². The number of benzene rings is 2. The molecule has 1 fully saturated rings. The minimum atomic E-state index is -3.94. The van der Waals surface area contributed by atoms with E-state index in [2.05, 4.69) is 4.74 Å². The molecule has 0 aromatic heterocycles. The standard InChI is InChI=1S/C21H20F2O8/c22-21(23)17(31-20(26)28-12-15-9-5-2-6-10-15)16(30-18(21)24)13-29-19(25)27-11-14-7-3-1-4-8-14/h1-10,16-18,24H,11-13H2/t16-,17-,18+/m1/s1. The molecule has 2 aromatic rings. The Morgan fingerprint density at radius 1 is 0.871 bits per heavy atom. The largest absolute Gasteiger partial charge is 0.509 e. The summed E-state index contributed by atoms with van der Waals surface area (Å²) in [6.45, 7) is -1.03. The predicted molar refractivity (Wildman–Crippen MR) is 99.9 cm³/mol. The molecule has 0 saturated carbocycles. The summed E-state index contributed by atoms with van der Waals surface area (Å²) < 4.78 is 52.2. The highest BCUT2D eigenvalue weighted by Gasteiger charge is 2.61. The van der Waals surface area contributed by atoms with Gasteiger partial charge in [0, 0.05) is 0 Å². The van der Waals surface area contributed by atoms with Crippen LogP contribution in [0.2, 0.25) is 0 Å². The van der Waals surface area contributed by atoms with E-state index >= 15 is 0 Å². The van der Waals surface area contributed by atoms with Gasteiger partial charge in [-0.1, -0.05) is 60.7 Å². The molecule has 1 saturated heterocycles. The fraction of sp³-hybridized carbons (Fsp3) is 0.333. The Kier molecular flexibility index (Phi) is 7.37. The Morgan fingerprint density at radius 3 is 1.94 bits per heavy atom. The second-order valence-electron chi connectivity index (χ2n) is 6.60. The molecular formula is C21H20F2O8. The second-order valence-corrected chi connectivity index (χ2v) is 6.60. The van der Waals surface area contributed by atoms with Gasteiger partial charge in [0.25, 0.3) is 0 Å². The molecule has 8 nitrogen and oxygen atoms in total. The minimum Gasteiger partial charge on any atom is -0.431 e. The number of halogens is 2. The maximum absolute atomic E-state index is 14.2. The van der Waals surface area contributed by atoms with E-state index < -0.39 is 43.3 Å². The lowest BCUT2D eigenvalue weighted by molar-refractivity contribution is -0.200. The van der Waals surface area contributed by atoms with Crippen LogP contribution in [0.4, 0.5) is 18.4 Å². The number of rotatable bonds is 7. The second kappa shape index (κ2) is 10.2. The molecular weight excluding hydrogens is 418 g/mol. The Hall–Kier alpha value is -3.24. The molecule has 3 atom stereocenters. The average molecular weight is 438 g/mol. The van der Waals surface area contributed by atoms with Crippen LogP contribution in [0.15, 0.2) is 60.7 Å². The van der Waals surface area contributed by atoms with E-state index in [1.165, 1.54) is 0 Å². The van der Waals surface area contributed by atoms with Crippen LogP contribution in [0.25, 0.3) is 0 Å². The smallest absolute Gasteiger partial charge is 0.431 e. The molecule has 1 heterocycles. The highest BCUT2D eigenvalue weighted by atomic mass is 19.3. The third-order valence-corrected chi connectivity index (χ3v) is 4.34. The molecule has 1 N–H and O–H groups in total. The number of ether oxygens (including phenoxy) is 5. The van der Waals surface area contributed by atoms with Crippen molar-refractivity contribution >= 4 is 12.3 Å². The summed E-state index contributed by atoms with van der Waals surface area (Å²) in [5, 5.41) is 9.46. The summed E-state index contributed by atoms with van der Waals surface area (Å²) in [5.74, 6) is -3.94. The molecule has 0 amide bonds. The first-order chi connectivity index (χ1) is 14.9. The van der Waals surface area contributed by atoms with Crippen molar-refractivity contribution in [3.8, 4) is 0 Å². The highest BCUT2D eigenvalue weighted by molar-refractivity contribution is 5.61. The van der Waals surface area contributed by atoms with Gasteiger partial charge in [0.05, 0.1) is 0 Å². The first-order valence-electron chi connectivity index (χ1n) is 9.28. The average Bonchev–Trinajstić information content (AvgIpc) is 2.99. The van der Waals surface area contributed by atoms with Gasteiger partial charge in [0.15, 0.2) is 0 Å². The predicted octanol–water partition coefficient (Wildman–Crippen LogP) is 3.41. The quantitative estimate of drug-likeness (QED) is 0.657. The lowest BCUT2D eigenvalue weighted by Crippen LogP contribution is -2.44. The van der Waals surface area contributed by atoms with Crippen LogP contribution >= 0.6 is 0 Å². The van der Waals surface area contributed by atoms with Crippen molar-refractivity contribution in [1.29, 1.82) is 0 Å². The molecule has 3 rings (SSSR count). The number of carbonyl (C=O) groups excluding carboxylic acids is 2. The van der Waals surface area contributed by atoms with Crippen LogP contribution in [0.1, 0.15) is 11.1 Å². The Balaban J connectivity index is 1.50. The molecule has 1 aliphatic heterocycles. The normalized spacial score (nSPS) is 21.8. The zero-order valence-corrected chi connectivity index (χ0v) is 16.2. The van der Waals surface area contributed by atoms with Crippen molar-refractivity contribution in [2.24, 2.45) is 0 Å². The number of hydrogen-bond acceptors (Lipinski definition) is 8. The van der Waals surface area contributed by atoms with E-state index in [1.807, 2.05) is 0 Å². The lowest BCUT2D eigenvalue weighted by atomic mass is 10.1. The molecule has 2 aromatic carbocycles. The van der Waals surface area contributed by atoms with E-state index in [-0.39, 0.29) is 13.2 Å². The molecule has 0 bridgehead atoms. The summed E-state index contributed by atoms with van der Waals surface area (Å²) in [5.41, 5.74) is 1.32. The summed E-state index contributed by atoms with van der Waals surface area (Å²) in [6.07, 6.45) is -8.93. The van der Waals surface area contributed by atoms with Gasteiger partial charge < -0.3 is 28.8 Å². The van der Waals surface area contributed by atoms with Crippen LogP contribution in [-0.2, 0) is 36.9 Å². The molecule has 10 heteroatoms. The first-order valence-corrected chi connectivity index (χ1v) is 9.28. The van der Waals surface area contributed by atoms with Crippen molar-refractivity contribution in [3.63, 3.8) is 0 Å². The van der Waals surface area contributed by atoms with Crippen molar-refractivity contribution in [2.75, 3.05) is 6.61 Å². The zero-order valence-electron chi connectivity index (χ0n) is 16.2. The topological polar surface area (TPSA) is 101 Å². The van der Waals surface area contributed by atoms with Crippen molar-refractivity contribution < 1.29 is 47.2 Å². The Morgan fingerprint density at radius 2 is 1.39 bits per heavy atom. The van der Waals surface area contributed by atoms with Gasteiger partial charge in [-0.25, -0.2) is 9.59 Å². The molecule has 166 valence electrons. The molecule has 0 spiro atoms. The van der Waals surface area contributed by atoms with E-state index in [1.54, 1.807) is 60.7 Å². The van der Waals surface area contributed by atoms with Gasteiger partial charge in [0.2, 0.25) is 12.4 Å². The summed E-state index contributed by atoms with van der Waals surface area (Å²) in [6, 6.07) is 17.2. The van der Waals surface area contributed by atoms with E-state index in [0.717, 1.165) is 0 Å². The summed E-state index contributed by atoms with van der Waals surface area (Å²) >= 11 is 0. The van der Waals surface area contributed by atoms with E-state index in [0.29, 0.717) is 11.1 Å². The highest BCUT2D eigenvalue weighted by Crippen LogP contribution is 2.37. The SMILES string of the molecule is O=C(OCc1ccccc1)OC[C@H]1O[C@H](O)C(F)(F)[C@@H]1OC(=O)OCc1ccccc1. The zero-order chi connectivity index (χ0) is 22.3. The third-order valence-electron chi connectivity index (χ3n) is 4.34. The maximum Gasteiger partial charge on any atom is 0.509 e. The van der Waals surface area contributed by atoms with Crippen molar-refractivity contribution in [1.82, 2.24) is 0 Å². The number of aliphatic hydroxyl groups is 1. The van der Waals surface area contributed by atoms with E-state index in [4.69, 9.17) is 18.9 Å². The molecule has 31 heavy (non-hydrogen) atoms. The van der Waals surface area contributed by atoms with Crippen LogP contribution in [0, 0.1) is 0 Å². The fourth-order valence-electron chi connectivity index (χ4n) is 2.76. The van der Waals surface area contributed by atoms with Crippen LogP contribution in [-0.4, -0.2) is 48.4 Å². The van der Waals surface area contributed by atoms with Gasteiger partial charge >= 0.3 is 18.2 Å². The van der Waals surface area contributed by atoms with Crippen LogP contribution in [0.5, 0.6) is 0 Å². The Bertz CT molecular complexity index is 862. The third kappa shape index (κ3) is 6.12. The Labute approximate surface area is 176 Å². The van der Waals surface area contributed by atoms with Gasteiger partial charge in [-0.15, -0.1) is 0 Å². The van der Waals surface area contributed by atoms with Gasteiger partial charge in [0.1, 0.15) is 25.9 Å². The van der Waals surface area contributed by atoms with Crippen LogP contribution < -0.4 is 0 Å².